The Kier molecular flexibility index (Phi) is 3.60. The first kappa shape index (κ1) is 14.4. The Bertz CT molecular complexity index is 746. The molecule has 2 heteroatoms. The lowest BCUT2D eigenvalue weighted by atomic mass is 9.77. The summed E-state index contributed by atoms with van der Waals surface area (Å²) in [6, 6.07) is 15.2. The van der Waals surface area contributed by atoms with E-state index in [0.717, 1.165) is 17.9 Å². The van der Waals surface area contributed by atoms with Crippen molar-refractivity contribution in [3.05, 3.63) is 65.2 Å². The van der Waals surface area contributed by atoms with Gasteiger partial charge in [0.1, 0.15) is 0 Å². The smallest absolute Gasteiger partial charge is 0.161 e. The van der Waals surface area contributed by atoms with E-state index in [1.54, 1.807) is 14.2 Å². The number of fused-ring (bicyclic) bond motifs is 2. The molecule has 0 unspecified atom stereocenters. The third kappa shape index (κ3) is 2.42. The van der Waals surface area contributed by atoms with E-state index in [1.165, 1.54) is 35.1 Å². The van der Waals surface area contributed by atoms with Gasteiger partial charge in [-0.15, -0.1) is 0 Å². The summed E-state index contributed by atoms with van der Waals surface area (Å²) >= 11 is 0. The van der Waals surface area contributed by atoms with E-state index in [4.69, 9.17) is 9.47 Å². The second-order valence-electron chi connectivity index (χ2n) is 6.48. The molecule has 0 N–H and O–H groups in total. The van der Waals surface area contributed by atoms with Gasteiger partial charge in [-0.1, -0.05) is 36.4 Å². The Hall–Kier alpha value is -2.22. The quantitative estimate of drug-likeness (QED) is 0.780. The predicted octanol–water partition coefficient (Wildman–Crippen LogP) is 5.15. The highest BCUT2D eigenvalue weighted by Gasteiger charge is 2.32. The summed E-state index contributed by atoms with van der Waals surface area (Å²) in [6.45, 7) is 0. The molecule has 3 aliphatic rings. The lowest BCUT2D eigenvalue weighted by Gasteiger charge is -2.28. The number of allylic oxidation sites excluding steroid dienone is 2. The van der Waals surface area contributed by atoms with E-state index in [2.05, 4.69) is 48.5 Å². The molecule has 0 aromatic heterocycles. The van der Waals surface area contributed by atoms with Crippen molar-refractivity contribution in [2.75, 3.05) is 14.2 Å². The molecule has 2 aromatic carbocycles. The summed E-state index contributed by atoms with van der Waals surface area (Å²) in [5, 5.41) is 0. The van der Waals surface area contributed by atoms with Crippen LogP contribution in [0.25, 0.3) is 5.57 Å². The Morgan fingerprint density at radius 2 is 1.57 bits per heavy atom. The van der Waals surface area contributed by atoms with E-state index in [9.17, 15) is 0 Å². The summed E-state index contributed by atoms with van der Waals surface area (Å²) in [4.78, 5) is 0. The molecule has 0 fully saturated rings. The molecule has 118 valence electrons. The Morgan fingerprint density at radius 3 is 2.26 bits per heavy atom. The van der Waals surface area contributed by atoms with Gasteiger partial charge in [-0.25, -0.2) is 0 Å². The number of hydrogen-bond acceptors (Lipinski definition) is 2. The van der Waals surface area contributed by atoms with Crippen LogP contribution in [-0.2, 0) is 0 Å². The molecule has 0 amide bonds. The topological polar surface area (TPSA) is 18.5 Å². The Labute approximate surface area is 137 Å². The van der Waals surface area contributed by atoms with E-state index in [-0.39, 0.29) is 0 Å². The van der Waals surface area contributed by atoms with Gasteiger partial charge in [-0.2, -0.15) is 0 Å². The highest BCUT2D eigenvalue weighted by Crippen LogP contribution is 2.50. The first-order valence-electron chi connectivity index (χ1n) is 8.32. The minimum atomic E-state index is 0.485. The first-order chi connectivity index (χ1) is 11.3. The molecule has 0 radical (unpaired) electrons. The van der Waals surface area contributed by atoms with Gasteiger partial charge >= 0.3 is 0 Å². The molecule has 2 bridgehead atoms. The van der Waals surface area contributed by atoms with Crippen LogP contribution in [-0.4, -0.2) is 14.2 Å². The molecule has 3 aliphatic carbocycles. The zero-order valence-corrected chi connectivity index (χ0v) is 13.7. The fourth-order valence-corrected chi connectivity index (χ4v) is 4.10. The van der Waals surface area contributed by atoms with Crippen LogP contribution in [0.15, 0.2) is 48.5 Å². The van der Waals surface area contributed by atoms with Crippen LogP contribution in [0.5, 0.6) is 11.5 Å². The van der Waals surface area contributed by atoms with Gasteiger partial charge in [-0.3, -0.25) is 0 Å². The zero-order valence-electron chi connectivity index (χ0n) is 13.7. The SMILES string of the molecule is COc1cc2c(cc1OC)[C@@H]1C=C(c3ccccc3)C[C@H]2CC1. The van der Waals surface area contributed by atoms with Gasteiger partial charge in [0.15, 0.2) is 11.5 Å². The average molecular weight is 306 g/mol. The van der Waals surface area contributed by atoms with Crippen molar-refractivity contribution in [1.82, 2.24) is 0 Å². The third-order valence-electron chi connectivity index (χ3n) is 5.27. The average Bonchev–Trinajstić information content (AvgIpc) is 2.92. The molecular weight excluding hydrogens is 284 g/mol. The third-order valence-corrected chi connectivity index (χ3v) is 5.27. The Morgan fingerprint density at radius 1 is 0.870 bits per heavy atom. The van der Waals surface area contributed by atoms with Gasteiger partial charge < -0.3 is 9.47 Å². The number of benzene rings is 2. The van der Waals surface area contributed by atoms with E-state index < -0.39 is 0 Å². The van der Waals surface area contributed by atoms with Crippen molar-refractivity contribution >= 4 is 5.57 Å². The van der Waals surface area contributed by atoms with Crippen molar-refractivity contribution < 1.29 is 9.47 Å². The van der Waals surface area contributed by atoms with Crippen molar-refractivity contribution in [2.45, 2.75) is 31.1 Å². The minimum Gasteiger partial charge on any atom is -0.493 e. The highest BCUT2D eigenvalue weighted by molar-refractivity contribution is 5.70. The van der Waals surface area contributed by atoms with Crippen LogP contribution < -0.4 is 9.47 Å². The summed E-state index contributed by atoms with van der Waals surface area (Å²) in [7, 11) is 3.43. The largest absolute Gasteiger partial charge is 0.493 e. The lowest BCUT2D eigenvalue weighted by Crippen LogP contribution is -2.11. The number of rotatable bonds is 3. The van der Waals surface area contributed by atoms with Crippen molar-refractivity contribution in [3.8, 4) is 11.5 Å². The second-order valence-corrected chi connectivity index (χ2v) is 6.48. The van der Waals surface area contributed by atoms with E-state index in [1.807, 2.05) is 0 Å². The van der Waals surface area contributed by atoms with Gasteiger partial charge in [0.05, 0.1) is 14.2 Å². The normalized spacial score (nSPS) is 22.1. The first-order valence-corrected chi connectivity index (χ1v) is 8.32. The fraction of sp³-hybridized carbons (Fsp3) is 0.333. The van der Waals surface area contributed by atoms with Crippen molar-refractivity contribution in [2.24, 2.45) is 0 Å². The molecule has 0 saturated carbocycles. The van der Waals surface area contributed by atoms with Crippen LogP contribution in [0.4, 0.5) is 0 Å². The van der Waals surface area contributed by atoms with Crippen LogP contribution in [0, 0.1) is 0 Å². The lowest BCUT2D eigenvalue weighted by molar-refractivity contribution is 0.352. The van der Waals surface area contributed by atoms with E-state index in [0.29, 0.717) is 11.8 Å². The number of ether oxygens (including phenoxy) is 2. The maximum absolute atomic E-state index is 5.52. The molecular formula is C21H22O2. The zero-order chi connectivity index (χ0) is 15.8. The monoisotopic (exact) mass is 306 g/mol. The van der Waals surface area contributed by atoms with Crippen LogP contribution in [0.1, 0.15) is 47.8 Å². The summed E-state index contributed by atoms with van der Waals surface area (Å²) < 4.78 is 11.0. The van der Waals surface area contributed by atoms with E-state index >= 15 is 0 Å². The summed E-state index contributed by atoms with van der Waals surface area (Å²) in [6.07, 6.45) is 6.07. The standard InChI is InChI=1S/C21H22O2/c1-22-20-12-18-15-8-9-16(19(18)13-21(20)23-2)11-17(10-15)14-6-4-3-5-7-14/h3-7,10,12-13,15-16H,8-9,11H2,1-2H3/t15-,16+/m0/s1. The van der Waals surface area contributed by atoms with Crippen molar-refractivity contribution in [3.63, 3.8) is 0 Å². The maximum atomic E-state index is 5.52. The molecule has 0 saturated heterocycles. The molecule has 2 atom stereocenters. The summed E-state index contributed by atoms with van der Waals surface area (Å²) in [5.41, 5.74) is 5.70. The molecule has 23 heavy (non-hydrogen) atoms. The molecule has 0 aliphatic heterocycles. The summed E-state index contributed by atoms with van der Waals surface area (Å²) in [5.74, 6) is 2.75. The molecule has 2 nitrogen and oxygen atoms in total. The van der Waals surface area contributed by atoms with Gasteiger partial charge in [0, 0.05) is 5.92 Å². The van der Waals surface area contributed by atoms with Crippen LogP contribution >= 0.6 is 0 Å². The second kappa shape index (κ2) is 5.77. The fourth-order valence-electron chi connectivity index (χ4n) is 4.10. The molecule has 0 heterocycles. The van der Waals surface area contributed by atoms with Gasteiger partial charge in [0.25, 0.3) is 0 Å². The predicted molar refractivity (Wildman–Crippen MR) is 93.3 cm³/mol. The maximum Gasteiger partial charge on any atom is 0.161 e. The highest BCUT2D eigenvalue weighted by atomic mass is 16.5. The Balaban J connectivity index is 1.80. The molecule has 0 spiro atoms. The number of hydrogen-bond donors (Lipinski definition) is 0. The van der Waals surface area contributed by atoms with Crippen molar-refractivity contribution in [1.29, 1.82) is 0 Å². The van der Waals surface area contributed by atoms with Crippen LogP contribution in [0.2, 0.25) is 0 Å². The van der Waals surface area contributed by atoms with Crippen LogP contribution in [0.3, 0.4) is 0 Å². The minimum absolute atomic E-state index is 0.485. The van der Waals surface area contributed by atoms with Gasteiger partial charge in [0.2, 0.25) is 0 Å². The molecule has 2 aromatic rings. The molecule has 5 rings (SSSR count). The van der Waals surface area contributed by atoms with Gasteiger partial charge in [-0.05, 0) is 59.6 Å². The number of methoxy groups -OCH3 is 2.